The quantitative estimate of drug-likeness (QED) is 0.618. The second kappa shape index (κ2) is 10.2. The van der Waals surface area contributed by atoms with Crippen LogP contribution in [0.15, 0.2) is 18.3 Å². The van der Waals surface area contributed by atoms with Gasteiger partial charge in [-0.15, -0.1) is 12.4 Å². The summed E-state index contributed by atoms with van der Waals surface area (Å²) in [5, 5.41) is 20.2. The summed E-state index contributed by atoms with van der Waals surface area (Å²) in [5.41, 5.74) is 4.44. The van der Waals surface area contributed by atoms with Gasteiger partial charge in [0.05, 0.1) is 6.10 Å². The summed E-state index contributed by atoms with van der Waals surface area (Å²) in [6.45, 7) is 6.15. The van der Waals surface area contributed by atoms with Crippen LogP contribution in [0.3, 0.4) is 0 Å². The first-order valence-electron chi connectivity index (χ1n) is 9.53. The van der Waals surface area contributed by atoms with Crippen molar-refractivity contribution in [2.75, 3.05) is 0 Å². The molecule has 1 saturated carbocycles. The summed E-state index contributed by atoms with van der Waals surface area (Å²) in [7, 11) is 0. The average Bonchev–Trinajstić information content (AvgIpc) is 2.56. The van der Waals surface area contributed by atoms with E-state index in [2.05, 4.69) is 11.9 Å². The van der Waals surface area contributed by atoms with Gasteiger partial charge in [-0.05, 0) is 50.0 Å². The van der Waals surface area contributed by atoms with E-state index in [9.17, 15) is 15.0 Å². The van der Waals surface area contributed by atoms with E-state index in [1.54, 1.807) is 18.3 Å². The average molecular weight is 401 g/mol. The number of hydrogen-bond acceptors (Lipinski definition) is 5. The normalized spacial score (nSPS) is 23.2. The summed E-state index contributed by atoms with van der Waals surface area (Å²) in [4.78, 5) is 15.9. The highest BCUT2D eigenvalue weighted by Crippen LogP contribution is 2.28. The SMILES string of the molecule is CC(C)C[C@@H](N)[C@@](O)(Cc1cc(OC2CCC(C)CC2)ccn1)C(=O)O.Cl. The molecule has 0 unspecified atom stereocenters. The van der Waals surface area contributed by atoms with Crippen LogP contribution in [0, 0.1) is 11.8 Å². The third kappa shape index (κ3) is 6.63. The van der Waals surface area contributed by atoms with Gasteiger partial charge in [0.2, 0.25) is 0 Å². The van der Waals surface area contributed by atoms with Gasteiger partial charge in [0, 0.05) is 30.4 Å². The Morgan fingerprint density at radius 1 is 1.37 bits per heavy atom. The fourth-order valence-electron chi connectivity index (χ4n) is 3.51. The standard InChI is InChI=1S/C20H32N2O4.ClH/c1-13(2)10-18(21)20(25,19(23)24)12-15-11-17(8-9-22-15)26-16-6-4-14(3)5-7-16;/h8-9,11,13-14,16,18,25H,4-7,10,12,21H2,1-3H3,(H,23,24);1H/t14?,16?,18-,20+;/m1./s1. The third-order valence-electron chi connectivity index (χ3n) is 5.21. The molecule has 154 valence electrons. The van der Waals surface area contributed by atoms with Crippen molar-refractivity contribution < 1.29 is 19.7 Å². The third-order valence-corrected chi connectivity index (χ3v) is 5.21. The maximum Gasteiger partial charge on any atom is 0.337 e. The minimum absolute atomic E-state index is 0. The molecule has 0 amide bonds. The number of aromatic nitrogens is 1. The Hall–Kier alpha value is -1.37. The minimum atomic E-state index is -2.05. The van der Waals surface area contributed by atoms with Crippen LogP contribution >= 0.6 is 12.4 Å². The van der Waals surface area contributed by atoms with E-state index in [0.717, 1.165) is 31.6 Å². The van der Waals surface area contributed by atoms with Crippen molar-refractivity contribution >= 4 is 18.4 Å². The molecule has 27 heavy (non-hydrogen) atoms. The highest BCUT2D eigenvalue weighted by atomic mass is 35.5. The molecule has 0 saturated heterocycles. The fraction of sp³-hybridized carbons (Fsp3) is 0.700. The summed E-state index contributed by atoms with van der Waals surface area (Å²) >= 11 is 0. The lowest BCUT2D eigenvalue weighted by Crippen LogP contribution is -2.56. The van der Waals surface area contributed by atoms with Gasteiger partial charge in [0.1, 0.15) is 5.75 Å². The zero-order chi connectivity index (χ0) is 19.3. The monoisotopic (exact) mass is 400 g/mol. The Morgan fingerprint density at radius 3 is 2.56 bits per heavy atom. The van der Waals surface area contributed by atoms with Crippen molar-refractivity contribution in [2.45, 2.75) is 77.0 Å². The van der Waals surface area contributed by atoms with Crippen molar-refractivity contribution in [3.05, 3.63) is 24.0 Å². The predicted molar refractivity (Wildman–Crippen MR) is 107 cm³/mol. The van der Waals surface area contributed by atoms with Crippen LogP contribution in [0.2, 0.25) is 0 Å². The van der Waals surface area contributed by atoms with Crippen molar-refractivity contribution in [1.82, 2.24) is 4.98 Å². The Labute approximate surface area is 167 Å². The number of hydrogen-bond donors (Lipinski definition) is 3. The van der Waals surface area contributed by atoms with Crippen LogP contribution in [0.1, 0.15) is 58.6 Å². The largest absolute Gasteiger partial charge is 0.490 e. The smallest absolute Gasteiger partial charge is 0.337 e. The van der Waals surface area contributed by atoms with E-state index >= 15 is 0 Å². The van der Waals surface area contributed by atoms with Gasteiger partial charge in [-0.3, -0.25) is 4.98 Å². The van der Waals surface area contributed by atoms with E-state index < -0.39 is 17.6 Å². The molecule has 7 heteroatoms. The van der Waals surface area contributed by atoms with Crippen LogP contribution in [0.25, 0.3) is 0 Å². The summed E-state index contributed by atoms with van der Waals surface area (Å²) in [5.74, 6) is 0.280. The maximum atomic E-state index is 11.7. The maximum absolute atomic E-state index is 11.7. The number of aliphatic hydroxyl groups is 1. The molecule has 2 atom stereocenters. The number of carbonyl (C=O) groups is 1. The molecular formula is C20H33ClN2O4. The van der Waals surface area contributed by atoms with Crippen LogP contribution in [-0.4, -0.2) is 38.9 Å². The van der Waals surface area contributed by atoms with Crippen molar-refractivity contribution in [1.29, 1.82) is 0 Å². The minimum Gasteiger partial charge on any atom is -0.490 e. The molecular weight excluding hydrogens is 368 g/mol. The van der Waals surface area contributed by atoms with Gasteiger partial charge < -0.3 is 20.7 Å². The number of nitrogens with zero attached hydrogens (tertiary/aromatic N) is 1. The highest BCUT2D eigenvalue weighted by molar-refractivity contribution is 5.85. The lowest BCUT2D eigenvalue weighted by Gasteiger charge is -2.31. The number of halogens is 1. The second-order valence-electron chi connectivity index (χ2n) is 8.12. The van der Waals surface area contributed by atoms with Gasteiger partial charge in [0.15, 0.2) is 5.60 Å². The predicted octanol–water partition coefficient (Wildman–Crippen LogP) is 3.19. The van der Waals surface area contributed by atoms with Crippen molar-refractivity contribution in [3.8, 4) is 5.75 Å². The van der Waals surface area contributed by atoms with Gasteiger partial charge >= 0.3 is 5.97 Å². The number of carboxylic acid groups (broad SMARTS) is 1. The summed E-state index contributed by atoms with van der Waals surface area (Å²) in [6, 6.07) is 2.62. The van der Waals surface area contributed by atoms with Gasteiger partial charge in [-0.2, -0.15) is 0 Å². The van der Waals surface area contributed by atoms with E-state index in [0.29, 0.717) is 17.9 Å². The number of ether oxygens (including phenoxy) is 1. The Bertz CT molecular complexity index is 605. The van der Waals surface area contributed by atoms with Gasteiger partial charge in [-0.1, -0.05) is 20.8 Å². The summed E-state index contributed by atoms with van der Waals surface area (Å²) < 4.78 is 6.04. The fourth-order valence-corrected chi connectivity index (χ4v) is 3.51. The first-order valence-corrected chi connectivity index (χ1v) is 9.53. The molecule has 1 aliphatic carbocycles. The first-order chi connectivity index (χ1) is 12.2. The number of aliphatic carboxylic acids is 1. The van der Waals surface area contributed by atoms with E-state index in [4.69, 9.17) is 10.5 Å². The van der Waals surface area contributed by atoms with Crippen molar-refractivity contribution in [3.63, 3.8) is 0 Å². The van der Waals surface area contributed by atoms with E-state index in [1.807, 2.05) is 13.8 Å². The molecule has 1 aliphatic rings. The molecule has 1 aromatic heterocycles. The van der Waals surface area contributed by atoms with Crippen LogP contribution < -0.4 is 10.5 Å². The molecule has 4 N–H and O–H groups in total. The van der Waals surface area contributed by atoms with E-state index in [-0.39, 0.29) is 30.8 Å². The van der Waals surface area contributed by atoms with Crippen LogP contribution in [0.4, 0.5) is 0 Å². The zero-order valence-electron chi connectivity index (χ0n) is 16.4. The molecule has 0 spiro atoms. The van der Waals surface area contributed by atoms with E-state index in [1.165, 1.54) is 0 Å². The topological polar surface area (TPSA) is 106 Å². The van der Waals surface area contributed by atoms with Gasteiger partial charge in [0.25, 0.3) is 0 Å². The Kier molecular flexibility index (Phi) is 8.99. The molecule has 0 radical (unpaired) electrons. The first kappa shape index (κ1) is 23.7. The lowest BCUT2D eigenvalue weighted by molar-refractivity contribution is -0.161. The van der Waals surface area contributed by atoms with Gasteiger partial charge in [-0.25, -0.2) is 4.79 Å². The molecule has 1 fully saturated rings. The molecule has 0 aromatic carbocycles. The van der Waals surface area contributed by atoms with Crippen LogP contribution in [0.5, 0.6) is 5.75 Å². The number of nitrogens with two attached hydrogens (primary N) is 1. The molecule has 6 nitrogen and oxygen atoms in total. The number of rotatable bonds is 8. The molecule has 1 heterocycles. The lowest BCUT2D eigenvalue weighted by atomic mass is 9.84. The number of carboxylic acids is 1. The molecule has 2 rings (SSSR count). The Morgan fingerprint density at radius 2 is 2.00 bits per heavy atom. The Balaban J connectivity index is 0.00000364. The second-order valence-corrected chi connectivity index (χ2v) is 8.12. The molecule has 0 aliphatic heterocycles. The number of pyridine rings is 1. The van der Waals surface area contributed by atoms with Crippen LogP contribution in [-0.2, 0) is 11.2 Å². The van der Waals surface area contributed by atoms with Crippen molar-refractivity contribution in [2.24, 2.45) is 17.6 Å². The molecule has 1 aromatic rings. The molecule has 0 bridgehead atoms. The highest BCUT2D eigenvalue weighted by Gasteiger charge is 2.43. The zero-order valence-corrected chi connectivity index (χ0v) is 17.2. The summed E-state index contributed by atoms with van der Waals surface area (Å²) in [6.07, 6.45) is 6.41.